The molecule has 0 aromatic carbocycles. The number of likely N-dealkylation sites (tertiary alicyclic amines) is 1. The minimum absolute atomic E-state index is 0.425. The van der Waals surface area contributed by atoms with Gasteiger partial charge in [-0.05, 0) is 44.1 Å². The summed E-state index contributed by atoms with van der Waals surface area (Å²) in [5.41, 5.74) is 0. The summed E-state index contributed by atoms with van der Waals surface area (Å²) in [6.45, 7) is 3.19. The second kappa shape index (κ2) is 3.78. The number of carbonyl (C=O) groups excluding carboxylic acids is 1. The maximum absolute atomic E-state index is 12.0. The van der Waals surface area contributed by atoms with Crippen LogP contribution in [-0.2, 0) is 4.79 Å². The maximum atomic E-state index is 12.0. The lowest BCUT2D eigenvalue weighted by Crippen LogP contribution is -2.48. The molecule has 1 N–H and O–H groups in total. The first-order valence-electron chi connectivity index (χ1n) is 6.35. The fourth-order valence-corrected chi connectivity index (χ4v) is 3.06. The molecule has 2 aliphatic heterocycles. The SMILES string of the molecule is O=C(CC1CC1)N1CC[C@@H]2CCNC[C@@H]21. The quantitative estimate of drug-likeness (QED) is 0.734. The van der Waals surface area contributed by atoms with E-state index < -0.39 is 0 Å². The van der Waals surface area contributed by atoms with Crippen molar-refractivity contribution in [3.8, 4) is 0 Å². The standard InChI is InChI=1S/C12H20N2O/c15-12(7-9-1-2-9)14-6-4-10-3-5-13-8-11(10)14/h9-11,13H,1-8H2/t10-,11-/m0/s1. The van der Waals surface area contributed by atoms with E-state index in [0.29, 0.717) is 11.9 Å². The molecule has 1 aliphatic carbocycles. The number of nitrogens with one attached hydrogen (secondary N) is 1. The van der Waals surface area contributed by atoms with Gasteiger partial charge in [-0.15, -0.1) is 0 Å². The summed E-state index contributed by atoms with van der Waals surface area (Å²) in [6.07, 6.45) is 5.89. The van der Waals surface area contributed by atoms with E-state index in [1.807, 2.05) is 0 Å². The topological polar surface area (TPSA) is 32.3 Å². The van der Waals surface area contributed by atoms with E-state index in [1.165, 1.54) is 25.7 Å². The van der Waals surface area contributed by atoms with Crippen LogP contribution >= 0.6 is 0 Å². The Morgan fingerprint density at radius 2 is 2.13 bits per heavy atom. The van der Waals surface area contributed by atoms with Crippen molar-refractivity contribution >= 4 is 5.91 Å². The molecule has 2 saturated heterocycles. The minimum atomic E-state index is 0.425. The van der Waals surface area contributed by atoms with Gasteiger partial charge in [0.15, 0.2) is 0 Å². The van der Waals surface area contributed by atoms with Gasteiger partial charge in [0.25, 0.3) is 0 Å². The highest BCUT2D eigenvalue weighted by molar-refractivity contribution is 5.77. The van der Waals surface area contributed by atoms with E-state index in [2.05, 4.69) is 10.2 Å². The summed E-state index contributed by atoms with van der Waals surface area (Å²) >= 11 is 0. The molecule has 15 heavy (non-hydrogen) atoms. The van der Waals surface area contributed by atoms with E-state index in [-0.39, 0.29) is 0 Å². The van der Waals surface area contributed by atoms with Crippen molar-refractivity contribution in [3.05, 3.63) is 0 Å². The summed E-state index contributed by atoms with van der Waals surface area (Å²) in [5, 5.41) is 3.42. The van der Waals surface area contributed by atoms with Gasteiger partial charge >= 0.3 is 0 Å². The Bertz CT molecular complexity index is 262. The minimum Gasteiger partial charge on any atom is -0.338 e. The Morgan fingerprint density at radius 3 is 2.93 bits per heavy atom. The third kappa shape index (κ3) is 1.89. The summed E-state index contributed by atoms with van der Waals surface area (Å²) in [5.74, 6) is 1.94. The number of carbonyl (C=O) groups is 1. The van der Waals surface area contributed by atoms with Crippen LogP contribution in [0.25, 0.3) is 0 Å². The van der Waals surface area contributed by atoms with E-state index in [0.717, 1.165) is 37.9 Å². The van der Waals surface area contributed by atoms with Crippen LogP contribution in [0.3, 0.4) is 0 Å². The van der Waals surface area contributed by atoms with Gasteiger partial charge in [0.05, 0.1) is 0 Å². The highest BCUT2D eigenvalue weighted by atomic mass is 16.2. The molecule has 0 aromatic heterocycles. The molecule has 84 valence electrons. The van der Waals surface area contributed by atoms with Crippen molar-refractivity contribution in [2.24, 2.45) is 11.8 Å². The average Bonchev–Trinajstić information content (AvgIpc) is 2.96. The van der Waals surface area contributed by atoms with Gasteiger partial charge in [-0.1, -0.05) is 0 Å². The van der Waals surface area contributed by atoms with E-state index in [9.17, 15) is 4.79 Å². The van der Waals surface area contributed by atoms with Gasteiger partial charge in [0, 0.05) is 25.6 Å². The number of nitrogens with zero attached hydrogens (tertiary/aromatic N) is 1. The summed E-state index contributed by atoms with van der Waals surface area (Å²) in [4.78, 5) is 14.2. The molecule has 3 nitrogen and oxygen atoms in total. The monoisotopic (exact) mass is 208 g/mol. The van der Waals surface area contributed by atoms with Crippen molar-refractivity contribution in [2.75, 3.05) is 19.6 Å². The molecule has 3 aliphatic rings. The third-order valence-corrected chi connectivity index (χ3v) is 4.21. The van der Waals surface area contributed by atoms with Crippen molar-refractivity contribution in [2.45, 2.75) is 38.1 Å². The third-order valence-electron chi connectivity index (χ3n) is 4.21. The zero-order valence-electron chi connectivity index (χ0n) is 9.24. The number of hydrogen-bond donors (Lipinski definition) is 1. The first-order chi connectivity index (χ1) is 7.34. The molecule has 1 amide bonds. The van der Waals surface area contributed by atoms with Gasteiger partial charge in [0.1, 0.15) is 0 Å². The lowest BCUT2D eigenvalue weighted by molar-refractivity contribution is -0.132. The zero-order valence-corrected chi connectivity index (χ0v) is 9.24. The molecule has 0 unspecified atom stereocenters. The maximum Gasteiger partial charge on any atom is 0.223 e. The molecule has 0 bridgehead atoms. The Morgan fingerprint density at radius 1 is 1.27 bits per heavy atom. The predicted molar refractivity (Wildman–Crippen MR) is 58.4 cm³/mol. The number of amides is 1. The summed E-state index contributed by atoms with van der Waals surface area (Å²) in [6, 6.07) is 0.519. The molecule has 2 heterocycles. The molecular formula is C12H20N2O. The summed E-state index contributed by atoms with van der Waals surface area (Å²) < 4.78 is 0. The van der Waals surface area contributed by atoms with E-state index in [4.69, 9.17) is 0 Å². The normalized spacial score (nSPS) is 35.3. The fourth-order valence-electron chi connectivity index (χ4n) is 3.06. The molecule has 1 saturated carbocycles. The van der Waals surface area contributed by atoms with Gasteiger partial charge < -0.3 is 10.2 Å². The largest absolute Gasteiger partial charge is 0.338 e. The van der Waals surface area contributed by atoms with Crippen LogP contribution in [0, 0.1) is 11.8 Å². The Hall–Kier alpha value is -0.570. The highest BCUT2D eigenvalue weighted by Gasteiger charge is 2.39. The lowest BCUT2D eigenvalue weighted by atomic mass is 9.93. The second-order valence-corrected chi connectivity index (χ2v) is 5.34. The van der Waals surface area contributed by atoms with Gasteiger partial charge in [-0.2, -0.15) is 0 Å². The van der Waals surface area contributed by atoms with Crippen LogP contribution < -0.4 is 5.32 Å². The number of fused-ring (bicyclic) bond motifs is 1. The predicted octanol–water partition coefficient (Wildman–Crippen LogP) is 0.997. The molecule has 0 spiro atoms. The molecule has 3 rings (SSSR count). The molecule has 0 radical (unpaired) electrons. The second-order valence-electron chi connectivity index (χ2n) is 5.34. The van der Waals surface area contributed by atoms with Crippen LogP contribution in [0.1, 0.15) is 32.1 Å². The first-order valence-corrected chi connectivity index (χ1v) is 6.35. The number of hydrogen-bond acceptors (Lipinski definition) is 2. The Kier molecular flexibility index (Phi) is 2.43. The fraction of sp³-hybridized carbons (Fsp3) is 0.917. The highest BCUT2D eigenvalue weighted by Crippen LogP contribution is 2.35. The molecule has 3 fully saturated rings. The molecule has 0 aromatic rings. The first kappa shape index (κ1) is 9.64. The Labute approximate surface area is 91.2 Å². The Balaban J connectivity index is 1.62. The number of rotatable bonds is 2. The molecular weight excluding hydrogens is 188 g/mol. The van der Waals surface area contributed by atoms with Crippen molar-refractivity contribution in [3.63, 3.8) is 0 Å². The zero-order chi connectivity index (χ0) is 10.3. The van der Waals surface area contributed by atoms with Crippen LogP contribution in [0.5, 0.6) is 0 Å². The molecule has 3 heteroatoms. The van der Waals surface area contributed by atoms with Crippen LogP contribution in [0.4, 0.5) is 0 Å². The lowest BCUT2D eigenvalue weighted by Gasteiger charge is -2.32. The van der Waals surface area contributed by atoms with Gasteiger partial charge in [0.2, 0.25) is 5.91 Å². The van der Waals surface area contributed by atoms with Crippen molar-refractivity contribution in [1.29, 1.82) is 0 Å². The summed E-state index contributed by atoms with van der Waals surface area (Å²) in [7, 11) is 0. The van der Waals surface area contributed by atoms with Crippen LogP contribution in [0.2, 0.25) is 0 Å². The van der Waals surface area contributed by atoms with Crippen LogP contribution in [-0.4, -0.2) is 36.5 Å². The van der Waals surface area contributed by atoms with Gasteiger partial charge in [-0.25, -0.2) is 0 Å². The number of piperidine rings is 1. The van der Waals surface area contributed by atoms with E-state index >= 15 is 0 Å². The smallest absolute Gasteiger partial charge is 0.223 e. The van der Waals surface area contributed by atoms with Crippen LogP contribution in [0.15, 0.2) is 0 Å². The van der Waals surface area contributed by atoms with Gasteiger partial charge in [-0.3, -0.25) is 4.79 Å². The molecule has 2 atom stereocenters. The van der Waals surface area contributed by atoms with Crippen molar-refractivity contribution in [1.82, 2.24) is 10.2 Å². The average molecular weight is 208 g/mol. The van der Waals surface area contributed by atoms with E-state index in [1.54, 1.807) is 0 Å². The van der Waals surface area contributed by atoms with Crippen molar-refractivity contribution < 1.29 is 4.79 Å².